The van der Waals surface area contributed by atoms with E-state index in [4.69, 9.17) is 4.52 Å². The second-order valence-electron chi connectivity index (χ2n) is 3.74. The van der Waals surface area contributed by atoms with Crippen LogP contribution < -0.4 is 0 Å². The Morgan fingerprint density at radius 3 is 2.33 bits per heavy atom. The predicted octanol–water partition coefficient (Wildman–Crippen LogP) is 3.00. The zero-order valence-corrected chi connectivity index (χ0v) is 7.89. The summed E-state index contributed by atoms with van der Waals surface area (Å²) in [5.74, 6) is 0.580. The van der Waals surface area contributed by atoms with E-state index in [1.807, 2.05) is 13.8 Å². The van der Waals surface area contributed by atoms with Crippen molar-refractivity contribution in [1.29, 1.82) is 0 Å². The van der Waals surface area contributed by atoms with Gasteiger partial charge in [0.15, 0.2) is 11.4 Å². The first-order valence-corrected chi connectivity index (χ1v) is 4.07. The average Bonchev–Trinajstić information content (AvgIpc) is 2.30. The van der Waals surface area contributed by atoms with E-state index < -0.39 is 5.67 Å². The van der Waals surface area contributed by atoms with E-state index in [2.05, 4.69) is 5.16 Å². The number of halogens is 1. The van der Waals surface area contributed by atoms with Crippen LogP contribution in [0.3, 0.4) is 0 Å². The zero-order valence-electron chi connectivity index (χ0n) is 7.89. The average molecular weight is 171 g/mol. The molecule has 68 valence electrons. The highest BCUT2D eigenvalue weighted by Gasteiger charge is 2.24. The van der Waals surface area contributed by atoms with Crippen molar-refractivity contribution in [3.63, 3.8) is 0 Å². The fraction of sp³-hybridized carbons (Fsp3) is 0.667. The summed E-state index contributed by atoms with van der Waals surface area (Å²) in [6.07, 6.45) is 0. The monoisotopic (exact) mass is 171 g/mol. The molecule has 1 aromatic heterocycles. The molecule has 12 heavy (non-hydrogen) atoms. The summed E-state index contributed by atoms with van der Waals surface area (Å²) in [4.78, 5) is 0. The van der Waals surface area contributed by atoms with Gasteiger partial charge in [-0.3, -0.25) is 0 Å². The standard InChI is InChI=1S/C9H14FNO/c1-6(2)7-5-8(12-11-7)9(3,4)10/h5-6H,1-4H3. The first-order chi connectivity index (χ1) is 5.41. The summed E-state index contributed by atoms with van der Waals surface area (Å²) >= 11 is 0. The summed E-state index contributed by atoms with van der Waals surface area (Å²) in [7, 11) is 0. The van der Waals surface area contributed by atoms with Gasteiger partial charge in [-0.15, -0.1) is 0 Å². The third kappa shape index (κ3) is 1.84. The maximum absolute atomic E-state index is 13.3. The molecule has 0 aliphatic heterocycles. The number of rotatable bonds is 2. The van der Waals surface area contributed by atoms with E-state index in [-0.39, 0.29) is 5.92 Å². The lowest BCUT2D eigenvalue weighted by Crippen LogP contribution is -2.06. The number of aromatic nitrogens is 1. The summed E-state index contributed by atoms with van der Waals surface area (Å²) in [6.45, 7) is 6.90. The molecule has 0 saturated carbocycles. The van der Waals surface area contributed by atoms with E-state index in [0.29, 0.717) is 5.76 Å². The summed E-state index contributed by atoms with van der Waals surface area (Å²) in [5, 5.41) is 3.77. The number of hydrogen-bond acceptors (Lipinski definition) is 2. The smallest absolute Gasteiger partial charge is 0.173 e. The van der Waals surface area contributed by atoms with Gasteiger partial charge in [-0.1, -0.05) is 19.0 Å². The maximum Gasteiger partial charge on any atom is 0.173 e. The van der Waals surface area contributed by atoms with E-state index in [1.165, 1.54) is 13.8 Å². The minimum Gasteiger partial charge on any atom is -0.358 e. The Morgan fingerprint density at radius 1 is 1.50 bits per heavy atom. The zero-order chi connectivity index (χ0) is 9.35. The van der Waals surface area contributed by atoms with Crippen molar-refractivity contribution in [2.45, 2.75) is 39.3 Å². The summed E-state index contributed by atoms with van der Waals surface area (Å²) < 4.78 is 18.1. The van der Waals surface area contributed by atoms with Crippen molar-refractivity contribution in [2.75, 3.05) is 0 Å². The van der Waals surface area contributed by atoms with Crippen molar-refractivity contribution in [3.05, 3.63) is 17.5 Å². The van der Waals surface area contributed by atoms with Gasteiger partial charge in [0.25, 0.3) is 0 Å². The molecule has 0 aliphatic rings. The van der Waals surface area contributed by atoms with Gasteiger partial charge in [0.2, 0.25) is 0 Å². The lowest BCUT2D eigenvalue weighted by Gasteiger charge is -2.07. The number of hydrogen-bond donors (Lipinski definition) is 0. The van der Waals surface area contributed by atoms with Crippen LogP contribution in [0.1, 0.15) is 45.1 Å². The van der Waals surface area contributed by atoms with Gasteiger partial charge in [0.1, 0.15) is 0 Å². The van der Waals surface area contributed by atoms with Crippen LogP contribution in [0.25, 0.3) is 0 Å². The molecule has 3 heteroatoms. The van der Waals surface area contributed by atoms with E-state index in [1.54, 1.807) is 6.07 Å². The van der Waals surface area contributed by atoms with Crippen molar-refractivity contribution in [2.24, 2.45) is 0 Å². The molecule has 0 fully saturated rings. The highest BCUT2D eigenvalue weighted by Crippen LogP contribution is 2.26. The van der Waals surface area contributed by atoms with Crippen molar-refractivity contribution < 1.29 is 8.91 Å². The van der Waals surface area contributed by atoms with Crippen molar-refractivity contribution in [1.82, 2.24) is 5.16 Å². The van der Waals surface area contributed by atoms with Gasteiger partial charge < -0.3 is 4.52 Å². The lowest BCUT2D eigenvalue weighted by molar-refractivity contribution is 0.162. The minimum absolute atomic E-state index is 0.282. The Kier molecular flexibility index (Phi) is 2.22. The van der Waals surface area contributed by atoms with Gasteiger partial charge in [-0.2, -0.15) is 0 Å². The molecule has 0 spiro atoms. The second-order valence-corrected chi connectivity index (χ2v) is 3.74. The van der Waals surface area contributed by atoms with Crippen molar-refractivity contribution in [3.8, 4) is 0 Å². The maximum atomic E-state index is 13.3. The van der Waals surface area contributed by atoms with Gasteiger partial charge in [-0.25, -0.2) is 4.39 Å². The van der Waals surface area contributed by atoms with E-state index >= 15 is 0 Å². The molecule has 0 N–H and O–H groups in total. The predicted molar refractivity (Wildman–Crippen MR) is 44.7 cm³/mol. The summed E-state index contributed by atoms with van der Waals surface area (Å²) in [6, 6.07) is 1.67. The SMILES string of the molecule is CC(C)c1cc(C(C)(C)F)on1. The van der Waals surface area contributed by atoms with Crippen LogP contribution in [0.2, 0.25) is 0 Å². The van der Waals surface area contributed by atoms with E-state index in [0.717, 1.165) is 5.69 Å². The Bertz CT molecular complexity index is 260. The fourth-order valence-electron chi connectivity index (χ4n) is 0.841. The lowest BCUT2D eigenvalue weighted by atomic mass is 10.1. The molecular formula is C9H14FNO. The first kappa shape index (κ1) is 9.23. The Balaban J connectivity index is 2.92. The molecule has 0 saturated heterocycles. The summed E-state index contributed by atoms with van der Waals surface area (Å²) in [5.41, 5.74) is -0.629. The highest BCUT2D eigenvalue weighted by atomic mass is 19.1. The fourth-order valence-corrected chi connectivity index (χ4v) is 0.841. The van der Waals surface area contributed by atoms with Gasteiger partial charge in [-0.05, 0) is 19.8 Å². The molecule has 0 amide bonds. The molecule has 0 aromatic carbocycles. The van der Waals surface area contributed by atoms with Crippen LogP contribution in [-0.4, -0.2) is 5.16 Å². The number of nitrogens with zero attached hydrogens (tertiary/aromatic N) is 1. The van der Waals surface area contributed by atoms with Crippen LogP contribution in [0.15, 0.2) is 10.6 Å². The molecular weight excluding hydrogens is 157 g/mol. The molecule has 0 unspecified atom stereocenters. The highest BCUT2D eigenvalue weighted by molar-refractivity contribution is 5.13. The van der Waals surface area contributed by atoms with Crippen LogP contribution in [0.5, 0.6) is 0 Å². The van der Waals surface area contributed by atoms with Gasteiger partial charge in [0, 0.05) is 6.07 Å². The third-order valence-corrected chi connectivity index (χ3v) is 1.71. The van der Waals surface area contributed by atoms with Crippen LogP contribution in [0, 0.1) is 0 Å². The van der Waals surface area contributed by atoms with Crippen LogP contribution in [-0.2, 0) is 5.67 Å². The second kappa shape index (κ2) is 2.88. The van der Waals surface area contributed by atoms with Crippen LogP contribution >= 0.6 is 0 Å². The topological polar surface area (TPSA) is 26.0 Å². The normalized spacial score (nSPS) is 12.5. The minimum atomic E-state index is -1.43. The molecule has 1 aromatic rings. The first-order valence-electron chi connectivity index (χ1n) is 4.07. The Morgan fingerprint density at radius 2 is 2.08 bits per heavy atom. The Hall–Kier alpha value is -0.860. The third-order valence-electron chi connectivity index (χ3n) is 1.71. The van der Waals surface area contributed by atoms with Gasteiger partial charge in [0.05, 0.1) is 5.69 Å². The van der Waals surface area contributed by atoms with Crippen LogP contribution in [0.4, 0.5) is 4.39 Å². The molecule has 0 atom stereocenters. The molecule has 1 heterocycles. The molecule has 0 radical (unpaired) electrons. The quantitative estimate of drug-likeness (QED) is 0.683. The van der Waals surface area contributed by atoms with Gasteiger partial charge >= 0.3 is 0 Å². The molecule has 0 bridgehead atoms. The largest absolute Gasteiger partial charge is 0.358 e. The molecule has 1 rings (SSSR count). The molecule has 2 nitrogen and oxygen atoms in total. The number of alkyl halides is 1. The Labute approximate surface area is 71.8 Å². The van der Waals surface area contributed by atoms with Crippen molar-refractivity contribution >= 4 is 0 Å². The van der Waals surface area contributed by atoms with E-state index in [9.17, 15) is 4.39 Å². The molecule has 0 aliphatic carbocycles.